The third-order valence-electron chi connectivity index (χ3n) is 2.53. The maximum atomic E-state index is 5.54. The summed E-state index contributed by atoms with van der Waals surface area (Å²) >= 11 is 0. The molecule has 1 saturated heterocycles. The summed E-state index contributed by atoms with van der Waals surface area (Å²) in [4.78, 5) is 0. The molecule has 1 aliphatic rings. The molecule has 0 radical (unpaired) electrons. The van der Waals surface area contributed by atoms with Gasteiger partial charge < -0.3 is 4.74 Å². The van der Waals surface area contributed by atoms with Crippen molar-refractivity contribution in [1.29, 1.82) is 0 Å². The lowest BCUT2D eigenvalue weighted by molar-refractivity contribution is 0.0937. The SMILES string of the molecule is C=CCCC(CC1CCCO1)NN. The van der Waals surface area contributed by atoms with Gasteiger partial charge in [0.25, 0.3) is 0 Å². The van der Waals surface area contributed by atoms with Crippen LogP contribution in [0.3, 0.4) is 0 Å². The second kappa shape index (κ2) is 6.13. The molecule has 13 heavy (non-hydrogen) atoms. The fraction of sp³-hybridized carbons (Fsp3) is 0.800. The van der Waals surface area contributed by atoms with Gasteiger partial charge in [0.2, 0.25) is 0 Å². The lowest BCUT2D eigenvalue weighted by Gasteiger charge is -2.18. The summed E-state index contributed by atoms with van der Waals surface area (Å²) in [5, 5.41) is 0. The molecule has 3 heteroatoms. The maximum absolute atomic E-state index is 5.54. The fourth-order valence-corrected chi connectivity index (χ4v) is 1.74. The molecule has 0 spiro atoms. The van der Waals surface area contributed by atoms with E-state index in [4.69, 9.17) is 10.6 Å². The van der Waals surface area contributed by atoms with Crippen LogP contribution in [0.15, 0.2) is 12.7 Å². The van der Waals surface area contributed by atoms with Crippen LogP contribution in [0.5, 0.6) is 0 Å². The smallest absolute Gasteiger partial charge is 0.0591 e. The number of nitrogens with two attached hydrogens (primary N) is 1. The molecule has 2 atom stereocenters. The quantitative estimate of drug-likeness (QED) is 0.372. The van der Waals surface area contributed by atoms with Gasteiger partial charge in [-0.3, -0.25) is 11.3 Å². The van der Waals surface area contributed by atoms with Crippen LogP contribution < -0.4 is 11.3 Å². The third-order valence-corrected chi connectivity index (χ3v) is 2.53. The largest absolute Gasteiger partial charge is 0.378 e. The molecule has 0 aromatic rings. The number of hydrazine groups is 1. The van der Waals surface area contributed by atoms with Gasteiger partial charge in [-0.05, 0) is 32.1 Å². The first-order chi connectivity index (χ1) is 6.36. The van der Waals surface area contributed by atoms with Crippen molar-refractivity contribution >= 4 is 0 Å². The van der Waals surface area contributed by atoms with Gasteiger partial charge in [-0.25, -0.2) is 0 Å². The lowest BCUT2D eigenvalue weighted by Crippen LogP contribution is -2.37. The third kappa shape index (κ3) is 3.89. The fourth-order valence-electron chi connectivity index (χ4n) is 1.74. The van der Waals surface area contributed by atoms with E-state index < -0.39 is 0 Å². The molecule has 0 amide bonds. The average Bonchev–Trinajstić information content (AvgIpc) is 2.64. The van der Waals surface area contributed by atoms with Crippen LogP contribution in [0.1, 0.15) is 32.1 Å². The zero-order valence-electron chi connectivity index (χ0n) is 8.17. The lowest BCUT2D eigenvalue weighted by atomic mass is 10.0. The van der Waals surface area contributed by atoms with Crippen LogP contribution in [-0.2, 0) is 4.74 Å². The predicted molar refractivity (Wildman–Crippen MR) is 54.1 cm³/mol. The molecule has 3 nitrogen and oxygen atoms in total. The Morgan fingerprint density at radius 1 is 1.69 bits per heavy atom. The summed E-state index contributed by atoms with van der Waals surface area (Å²) in [5.41, 5.74) is 2.84. The summed E-state index contributed by atoms with van der Waals surface area (Å²) in [6.45, 7) is 4.62. The van der Waals surface area contributed by atoms with Crippen molar-refractivity contribution in [1.82, 2.24) is 5.43 Å². The summed E-state index contributed by atoms with van der Waals surface area (Å²) in [5.74, 6) is 5.45. The van der Waals surface area contributed by atoms with Crippen molar-refractivity contribution in [3.8, 4) is 0 Å². The Labute approximate surface area is 80.3 Å². The van der Waals surface area contributed by atoms with Crippen molar-refractivity contribution in [2.24, 2.45) is 5.84 Å². The van der Waals surface area contributed by atoms with Gasteiger partial charge in [0.1, 0.15) is 0 Å². The molecule has 0 aromatic heterocycles. The minimum absolute atomic E-state index is 0.376. The van der Waals surface area contributed by atoms with E-state index >= 15 is 0 Å². The normalized spacial score (nSPS) is 24.5. The van der Waals surface area contributed by atoms with E-state index in [9.17, 15) is 0 Å². The molecule has 1 heterocycles. The average molecular weight is 184 g/mol. The minimum Gasteiger partial charge on any atom is -0.378 e. The van der Waals surface area contributed by atoms with Crippen LogP contribution in [-0.4, -0.2) is 18.8 Å². The van der Waals surface area contributed by atoms with Gasteiger partial charge in [-0.15, -0.1) is 6.58 Å². The van der Waals surface area contributed by atoms with E-state index in [1.165, 1.54) is 12.8 Å². The number of hydrogen-bond donors (Lipinski definition) is 2. The molecule has 0 aliphatic carbocycles. The molecule has 76 valence electrons. The van der Waals surface area contributed by atoms with Gasteiger partial charge in [-0.1, -0.05) is 6.08 Å². The monoisotopic (exact) mass is 184 g/mol. The maximum Gasteiger partial charge on any atom is 0.0591 e. The van der Waals surface area contributed by atoms with Crippen LogP contribution in [0.25, 0.3) is 0 Å². The molecular weight excluding hydrogens is 164 g/mol. The summed E-state index contributed by atoms with van der Waals surface area (Å²) < 4.78 is 5.54. The van der Waals surface area contributed by atoms with E-state index in [0.29, 0.717) is 12.1 Å². The Kier molecular flexibility index (Phi) is 5.05. The van der Waals surface area contributed by atoms with E-state index in [1.54, 1.807) is 0 Å². The second-order valence-corrected chi connectivity index (χ2v) is 3.60. The summed E-state index contributed by atoms with van der Waals surface area (Å²) in [6, 6.07) is 0.376. The number of allylic oxidation sites excluding steroid dienone is 1. The van der Waals surface area contributed by atoms with Crippen LogP contribution in [0.2, 0.25) is 0 Å². The zero-order chi connectivity index (χ0) is 9.52. The van der Waals surface area contributed by atoms with Gasteiger partial charge in [0.05, 0.1) is 6.10 Å². The summed E-state index contributed by atoms with van der Waals surface area (Å²) in [6.07, 6.45) is 7.84. The predicted octanol–water partition coefficient (Wildman–Crippen LogP) is 1.35. The van der Waals surface area contributed by atoms with Crippen LogP contribution >= 0.6 is 0 Å². The van der Waals surface area contributed by atoms with E-state index in [1.807, 2.05) is 6.08 Å². The van der Waals surface area contributed by atoms with Gasteiger partial charge >= 0.3 is 0 Å². The number of hydrogen-bond acceptors (Lipinski definition) is 3. The Balaban J connectivity index is 2.17. The number of nitrogens with one attached hydrogen (secondary N) is 1. The first-order valence-corrected chi connectivity index (χ1v) is 5.05. The van der Waals surface area contributed by atoms with Gasteiger partial charge in [0.15, 0.2) is 0 Å². The van der Waals surface area contributed by atoms with Crippen LogP contribution in [0.4, 0.5) is 0 Å². The number of rotatable bonds is 6. The van der Waals surface area contributed by atoms with Gasteiger partial charge in [0, 0.05) is 12.6 Å². The highest BCUT2D eigenvalue weighted by molar-refractivity contribution is 4.77. The Bertz CT molecular complexity index is 144. The molecule has 1 aliphatic heterocycles. The van der Waals surface area contributed by atoms with Crippen molar-refractivity contribution < 1.29 is 4.74 Å². The Morgan fingerprint density at radius 2 is 2.54 bits per heavy atom. The second-order valence-electron chi connectivity index (χ2n) is 3.60. The topological polar surface area (TPSA) is 47.3 Å². The van der Waals surface area contributed by atoms with E-state index in [2.05, 4.69) is 12.0 Å². The first kappa shape index (κ1) is 10.7. The van der Waals surface area contributed by atoms with E-state index in [-0.39, 0.29) is 0 Å². The van der Waals surface area contributed by atoms with Crippen molar-refractivity contribution in [2.45, 2.75) is 44.2 Å². The molecule has 0 bridgehead atoms. The highest BCUT2D eigenvalue weighted by Crippen LogP contribution is 2.18. The van der Waals surface area contributed by atoms with Crippen molar-refractivity contribution in [2.75, 3.05) is 6.61 Å². The van der Waals surface area contributed by atoms with Crippen molar-refractivity contribution in [3.63, 3.8) is 0 Å². The number of ether oxygens (including phenoxy) is 1. The van der Waals surface area contributed by atoms with Crippen LogP contribution in [0, 0.1) is 0 Å². The zero-order valence-corrected chi connectivity index (χ0v) is 8.17. The Morgan fingerprint density at radius 3 is 3.08 bits per heavy atom. The summed E-state index contributed by atoms with van der Waals surface area (Å²) in [7, 11) is 0. The molecule has 0 saturated carbocycles. The molecule has 0 aromatic carbocycles. The van der Waals surface area contributed by atoms with Crippen molar-refractivity contribution in [3.05, 3.63) is 12.7 Å². The molecule has 2 unspecified atom stereocenters. The molecule has 1 rings (SSSR count). The highest BCUT2D eigenvalue weighted by atomic mass is 16.5. The standard InChI is InChI=1S/C10H20N2O/c1-2-3-5-9(12-11)8-10-6-4-7-13-10/h2,9-10,12H,1,3-8,11H2. The minimum atomic E-state index is 0.376. The molecular formula is C10H20N2O. The molecule has 3 N–H and O–H groups in total. The Hall–Kier alpha value is -0.380. The van der Waals surface area contributed by atoms with Gasteiger partial charge in [-0.2, -0.15) is 0 Å². The highest BCUT2D eigenvalue weighted by Gasteiger charge is 2.19. The van der Waals surface area contributed by atoms with E-state index in [0.717, 1.165) is 25.9 Å². The first-order valence-electron chi connectivity index (χ1n) is 5.05. The molecule has 1 fully saturated rings.